The zero-order chi connectivity index (χ0) is 11.1. The molecule has 0 aromatic carbocycles. The number of ether oxygens (including phenoxy) is 1. The topological polar surface area (TPSA) is 43.4 Å². The van der Waals surface area contributed by atoms with E-state index in [0.717, 1.165) is 12.8 Å². The summed E-state index contributed by atoms with van der Waals surface area (Å²) in [7, 11) is 1.39. The van der Waals surface area contributed by atoms with Crippen LogP contribution in [-0.4, -0.2) is 18.9 Å². The van der Waals surface area contributed by atoms with Crippen molar-refractivity contribution in [2.45, 2.75) is 25.7 Å². The van der Waals surface area contributed by atoms with E-state index in [2.05, 4.69) is 0 Å². The molecule has 0 amide bonds. The fourth-order valence-electron chi connectivity index (χ4n) is 2.60. The molecule has 2 rings (SSSR count). The van der Waals surface area contributed by atoms with Gasteiger partial charge in [-0.3, -0.25) is 9.59 Å². The summed E-state index contributed by atoms with van der Waals surface area (Å²) < 4.78 is 4.81. The summed E-state index contributed by atoms with van der Waals surface area (Å²) >= 11 is 5.83. The summed E-state index contributed by atoms with van der Waals surface area (Å²) in [6.07, 6.45) is 4.26. The summed E-state index contributed by atoms with van der Waals surface area (Å²) in [6, 6.07) is 0. The first-order chi connectivity index (χ1) is 7.09. The number of rotatable bonds is 1. The van der Waals surface area contributed by atoms with Crippen molar-refractivity contribution in [3.63, 3.8) is 0 Å². The Morgan fingerprint density at radius 3 is 3.07 bits per heavy atom. The molecule has 0 saturated heterocycles. The third kappa shape index (κ3) is 1.59. The van der Waals surface area contributed by atoms with E-state index in [1.165, 1.54) is 7.11 Å². The molecular formula is C11H13ClO3. The second-order valence-electron chi connectivity index (χ2n) is 4.33. The molecule has 1 saturated carbocycles. The van der Waals surface area contributed by atoms with Crippen LogP contribution in [0, 0.1) is 11.3 Å². The first kappa shape index (κ1) is 10.7. The zero-order valence-electron chi connectivity index (χ0n) is 8.59. The zero-order valence-corrected chi connectivity index (χ0v) is 9.34. The maximum Gasteiger partial charge on any atom is 0.312 e. The van der Waals surface area contributed by atoms with Crippen LogP contribution in [0.15, 0.2) is 11.1 Å². The van der Waals surface area contributed by atoms with Gasteiger partial charge in [0.1, 0.15) is 0 Å². The van der Waals surface area contributed by atoms with Gasteiger partial charge in [0.15, 0.2) is 5.78 Å². The Bertz CT molecular complexity index is 348. The molecule has 0 aromatic rings. The number of hydrogen-bond donors (Lipinski definition) is 0. The summed E-state index contributed by atoms with van der Waals surface area (Å²) in [5.41, 5.74) is -0.494. The SMILES string of the molecule is COC(=O)C12CC=C(Cl)C(=O)C(CC1)C2. The van der Waals surface area contributed by atoms with Crippen molar-refractivity contribution in [3.8, 4) is 0 Å². The lowest BCUT2D eigenvalue weighted by Gasteiger charge is -2.23. The molecule has 4 heteroatoms. The quantitative estimate of drug-likeness (QED) is 0.645. The Labute approximate surface area is 93.4 Å². The summed E-state index contributed by atoms with van der Waals surface area (Å²) in [5, 5.41) is 0.283. The minimum Gasteiger partial charge on any atom is -0.469 e. The number of allylic oxidation sites excluding steroid dienone is 2. The van der Waals surface area contributed by atoms with Crippen molar-refractivity contribution in [1.82, 2.24) is 0 Å². The van der Waals surface area contributed by atoms with Crippen molar-refractivity contribution in [3.05, 3.63) is 11.1 Å². The van der Waals surface area contributed by atoms with Crippen molar-refractivity contribution in [2.75, 3.05) is 7.11 Å². The molecule has 2 aliphatic carbocycles. The Balaban J connectivity index is 2.32. The number of carbonyl (C=O) groups is 2. The third-order valence-electron chi connectivity index (χ3n) is 3.51. The van der Waals surface area contributed by atoms with E-state index in [-0.39, 0.29) is 22.7 Å². The molecule has 2 unspecified atom stereocenters. The van der Waals surface area contributed by atoms with E-state index in [1.54, 1.807) is 6.08 Å². The highest BCUT2D eigenvalue weighted by atomic mass is 35.5. The Morgan fingerprint density at radius 1 is 1.67 bits per heavy atom. The monoisotopic (exact) mass is 228 g/mol. The number of Topliss-reactive ketones (excluding diaryl/α,β-unsaturated/α-hetero) is 1. The average molecular weight is 229 g/mol. The molecule has 0 aromatic heterocycles. The summed E-state index contributed by atoms with van der Waals surface area (Å²) in [6.45, 7) is 0. The van der Waals surface area contributed by atoms with Gasteiger partial charge < -0.3 is 4.74 Å². The minimum atomic E-state index is -0.494. The number of esters is 1. The number of halogens is 1. The molecule has 82 valence electrons. The van der Waals surface area contributed by atoms with Gasteiger partial charge in [0.25, 0.3) is 0 Å². The number of carbonyl (C=O) groups excluding carboxylic acids is 2. The van der Waals surface area contributed by atoms with Gasteiger partial charge in [0.05, 0.1) is 17.6 Å². The van der Waals surface area contributed by atoms with Crippen LogP contribution in [0.4, 0.5) is 0 Å². The lowest BCUT2D eigenvalue weighted by atomic mass is 9.82. The molecule has 0 N–H and O–H groups in total. The van der Waals surface area contributed by atoms with E-state index in [4.69, 9.17) is 16.3 Å². The van der Waals surface area contributed by atoms with Crippen LogP contribution < -0.4 is 0 Å². The predicted octanol–water partition coefficient (Wildman–Crippen LogP) is 2.04. The number of fused-ring (bicyclic) bond motifs is 2. The van der Waals surface area contributed by atoms with Gasteiger partial charge in [0.2, 0.25) is 0 Å². The van der Waals surface area contributed by atoms with Crippen LogP contribution >= 0.6 is 11.6 Å². The highest BCUT2D eigenvalue weighted by Gasteiger charge is 2.49. The standard InChI is InChI=1S/C11H13ClO3/c1-15-10(14)11-4-2-7(6-11)9(13)8(12)3-5-11/h3,7H,2,4-6H2,1H3. The number of methoxy groups -OCH3 is 1. The van der Waals surface area contributed by atoms with Gasteiger partial charge in [-0.1, -0.05) is 17.7 Å². The Morgan fingerprint density at radius 2 is 2.40 bits per heavy atom. The van der Waals surface area contributed by atoms with Crippen LogP contribution in [0.1, 0.15) is 25.7 Å². The fourth-order valence-corrected chi connectivity index (χ4v) is 2.83. The van der Waals surface area contributed by atoms with Crippen molar-refractivity contribution in [1.29, 1.82) is 0 Å². The van der Waals surface area contributed by atoms with Crippen molar-refractivity contribution >= 4 is 23.4 Å². The van der Waals surface area contributed by atoms with Crippen LogP contribution in [0.25, 0.3) is 0 Å². The average Bonchev–Trinajstić information content (AvgIpc) is 2.64. The van der Waals surface area contributed by atoms with Gasteiger partial charge in [-0.05, 0) is 25.7 Å². The molecule has 0 aliphatic heterocycles. The maximum absolute atomic E-state index is 11.7. The molecule has 1 fully saturated rings. The van der Waals surface area contributed by atoms with E-state index >= 15 is 0 Å². The number of hydrogen-bond acceptors (Lipinski definition) is 3. The van der Waals surface area contributed by atoms with Crippen LogP contribution in [0.2, 0.25) is 0 Å². The van der Waals surface area contributed by atoms with Gasteiger partial charge in [-0.15, -0.1) is 0 Å². The van der Waals surface area contributed by atoms with E-state index in [0.29, 0.717) is 12.8 Å². The van der Waals surface area contributed by atoms with Gasteiger partial charge >= 0.3 is 5.97 Å². The smallest absolute Gasteiger partial charge is 0.312 e. The first-order valence-corrected chi connectivity index (χ1v) is 5.45. The van der Waals surface area contributed by atoms with Gasteiger partial charge in [-0.25, -0.2) is 0 Å². The molecule has 3 nitrogen and oxygen atoms in total. The van der Waals surface area contributed by atoms with E-state index < -0.39 is 5.41 Å². The highest BCUT2D eigenvalue weighted by Crippen LogP contribution is 2.49. The minimum absolute atomic E-state index is 0.0139. The van der Waals surface area contributed by atoms with E-state index in [9.17, 15) is 9.59 Å². The predicted molar refractivity (Wildman–Crippen MR) is 55.4 cm³/mol. The van der Waals surface area contributed by atoms with Crippen LogP contribution in [-0.2, 0) is 14.3 Å². The number of ketones is 1. The lowest BCUT2D eigenvalue weighted by Crippen LogP contribution is -2.29. The van der Waals surface area contributed by atoms with Crippen LogP contribution in [0.3, 0.4) is 0 Å². The summed E-state index contributed by atoms with van der Waals surface area (Å²) in [5.74, 6) is -0.310. The van der Waals surface area contributed by atoms with Crippen molar-refractivity contribution < 1.29 is 14.3 Å². The normalized spacial score (nSPS) is 34.7. The molecule has 2 atom stereocenters. The molecule has 2 aliphatic rings. The van der Waals surface area contributed by atoms with Gasteiger partial charge in [0, 0.05) is 5.92 Å². The first-order valence-electron chi connectivity index (χ1n) is 5.07. The molecular weight excluding hydrogens is 216 g/mol. The fraction of sp³-hybridized carbons (Fsp3) is 0.636. The largest absolute Gasteiger partial charge is 0.469 e. The second kappa shape index (κ2) is 3.63. The van der Waals surface area contributed by atoms with E-state index in [1.807, 2.05) is 0 Å². The Hall–Kier alpha value is -0.830. The lowest BCUT2D eigenvalue weighted by molar-refractivity contribution is -0.152. The molecule has 0 radical (unpaired) electrons. The Kier molecular flexibility index (Phi) is 2.59. The third-order valence-corrected chi connectivity index (χ3v) is 3.85. The molecule has 0 heterocycles. The van der Waals surface area contributed by atoms with Crippen molar-refractivity contribution in [2.24, 2.45) is 11.3 Å². The molecule has 15 heavy (non-hydrogen) atoms. The highest BCUT2D eigenvalue weighted by molar-refractivity contribution is 6.42. The summed E-state index contributed by atoms with van der Waals surface area (Å²) in [4.78, 5) is 23.4. The molecule has 2 bridgehead atoms. The molecule has 0 spiro atoms. The second-order valence-corrected chi connectivity index (χ2v) is 4.74. The van der Waals surface area contributed by atoms with Crippen LogP contribution in [0.5, 0.6) is 0 Å². The maximum atomic E-state index is 11.7. The van der Waals surface area contributed by atoms with Gasteiger partial charge in [-0.2, -0.15) is 0 Å².